The number of nitrogens with zero attached hydrogens (tertiary/aromatic N) is 4. The van der Waals surface area contributed by atoms with Gasteiger partial charge in [-0.15, -0.1) is 0 Å². The monoisotopic (exact) mass is 442 g/mol. The predicted molar refractivity (Wildman–Crippen MR) is 108 cm³/mol. The van der Waals surface area contributed by atoms with Gasteiger partial charge in [-0.25, -0.2) is 0 Å². The lowest BCUT2D eigenvalue weighted by molar-refractivity contribution is -0.182. The predicted octanol–water partition coefficient (Wildman–Crippen LogP) is 3.12. The van der Waals surface area contributed by atoms with Crippen LogP contribution in [0.25, 0.3) is 0 Å². The first-order valence-corrected chi connectivity index (χ1v) is 10.1. The van der Waals surface area contributed by atoms with E-state index in [9.17, 15) is 18.0 Å². The van der Waals surface area contributed by atoms with Crippen LogP contribution in [0.1, 0.15) is 12.5 Å². The fraction of sp³-hybridized carbons (Fsp3) is 0.500. The lowest BCUT2D eigenvalue weighted by atomic mass is 10.00. The van der Waals surface area contributed by atoms with Crippen molar-refractivity contribution in [1.82, 2.24) is 9.55 Å². The van der Waals surface area contributed by atoms with E-state index >= 15 is 0 Å². The van der Waals surface area contributed by atoms with Crippen LogP contribution in [-0.2, 0) is 17.7 Å². The standard InChI is InChI=1S/C20H22ClF3N4O2/c1-19(20(22,23)24)13-27-17(29)12-16(26-8-10-30-11-9-26)25-18(27)28(19)7-6-14-2-4-15(21)5-3-14/h2-5,12H,6-11,13H2,1H3/t19-/m0/s1. The van der Waals surface area contributed by atoms with Crippen molar-refractivity contribution in [3.8, 4) is 0 Å². The average molecular weight is 443 g/mol. The molecule has 4 rings (SSSR count). The number of benzene rings is 1. The van der Waals surface area contributed by atoms with Crippen molar-refractivity contribution in [3.63, 3.8) is 0 Å². The molecule has 0 saturated carbocycles. The molecule has 2 aliphatic heterocycles. The summed E-state index contributed by atoms with van der Waals surface area (Å²) in [7, 11) is 0. The van der Waals surface area contributed by atoms with Crippen molar-refractivity contribution in [2.75, 3.05) is 42.6 Å². The lowest BCUT2D eigenvalue weighted by Crippen LogP contribution is -2.56. The summed E-state index contributed by atoms with van der Waals surface area (Å²) >= 11 is 5.90. The van der Waals surface area contributed by atoms with Crippen molar-refractivity contribution < 1.29 is 17.9 Å². The van der Waals surface area contributed by atoms with Gasteiger partial charge in [-0.2, -0.15) is 18.2 Å². The number of aromatic nitrogens is 2. The van der Waals surface area contributed by atoms with Gasteiger partial charge in [0, 0.05) is 30.7 Å². The number of anilines is 2. The summed E-state index contributed by atoms with van der Waals surface area (Å²) in [6, 6.07) is 8.30. The minimum absolute atomic E-state index is 0.0535. The zero-order chi connectivity index (χ0) is 21.5. The molecule has 0 aliphatic carbocycles. The van der Waals surface area contributed by atoms with E-state index in [1.165, 1.54) is 11.0 Å². The van der Waals surface area contributed by atoms with E-state index in [0.717, 1.165) is 17.1 Å². The summed E-state index contributed by atoms with van der Waals surface area (Å²) in [6.07, 6.45) is -4.17. The largest absolute Gasteiger partial charge is 0.413 e. The van der Waals surface area contributed by atoms with Gasteiger partial charge >= 0.3 is 6.18 Å². The Bertz CT molecular complexity index is 973. The Labute approximate surface area is 176 Å². The molecule has 30 heavy (non-hydrogen) atoms. The molecular weight excluding hydrogens is 421 g/mol. The van der Waals surface area contributed by atoms with E-state index in [2.05, 4.69) is 4.98 Å². The zero-order valence-corrected chi connectivity index (χ0v) is 17.2. The van der Waals surface area contributed by atoms with Crippen LogP contribution in [-0.4, -0.2) is 54.1 Å². The molecule has 1 fully saturated rings. The van der Waals surface area contributed by atoms with Gasteiger partial charge in [0.25, 0.3) is 5.56 Å². The first-order valence-electron chi connectivity index (χ1n) is 9.72. The summed E-state index contributed by atoms with van der Waals surface area (Å²) < 4.78 is 48.7. The van der Waals surface area contributed by atoms with Gasteiger partial charge in [-0.1, -0.05) is 23.7 Å². The molecule has 0 N–H and O–H groups in total. The second kappa shape index (κ2) is 7.77. The highest BCUT2D eigenvalue weighted by atomic mass is 35.5. The number of fused-ring (bicyclic) bond motifs is 1. The molecule has 6 nitrogen and oxygen atoms in total. The molecular formula is C20H22ClF3N4O2. The molecule has 1 saturated heterocycles. The zero-order valence-electron chi connectivity index (χ0n) is 16.5. The van der Waals surface area contributed by atoms with E-state index in [0.29, 0.717) is 43.6 Å². The maximum absolute atomic E-state index is 14.1. The summed E-state index contributed by atoms with van der Waals surface area (Å²) in [5.41, 5.74) is -1.85. The van der Waals surface area contributed by atoms with Gasteiger partial charge in [-0.05, 0) is 31.0 Å². The molecule has 0 unspecified atom stereocenters. The Balaban J connectivity index is 1.70. The number of hydrogen-bond donors (Lipinski definition) is 0. The molecule has 0 amide bonds. The van der Waals surface area contributed by atoms with E-state index < -0.39 is 23.8 Å². The highest BCUT2D eigenvalue weighted by Crippen LogP contribution is 2.43. The first-order chi connectivity index (χ1) is 14.2. The van der Waals surface area contributed by atoms with Gasteiger partial charge in [-0.3, -0.25) is 9.36 Å². The molecule has 162 valence electrons. The first kappa shape index (κ1) is 21.0. The minimum atomic E-state index is -4.54. The second-order valence-corrected chi connectivity index (χ2v) is 8.17. The summed E-state index contributed by atoms with van der Waals surface area (Å²) in [5.74, 6) is 0.440. The van der Waals surface area contributed by atoms with Crippen LogP contribution in [0.3, 0.4) is 0 Å². The van der Waals surface area contributed by atoms with Crippen LogP contribution in [0, 0.1) is 0 Å². The molecule has 1 atom stereocenters. The third-order valence-corrected chi connectivity index (χ3v) is 6.01. The molecule has 0 radical (unpaired) electrons. The van der Waals surface area contributed by atoms with Crippen LogP contribution in [0.5, 0.6) is 0 Å². The number of halogens is 4. The fourth-order valence-corrected chi connectivity index (χ4v) is 4.01. The van der Waals surface area contributed by atoms with Crippen molar-refractivity contribution in [2.45, 2.75) is 31.6 Å². The van der Waals surface area contributed by atoms with E-state index in [1.807, 2.05) is 4.90 Å². The van der Waals surface area contributed by atoms with E-state index in [1.54, 1.807) is 24.3 Å². The Hall–Kier alpha value is -2.26. The number of morpholine rings is 1. The molecule has 3 heterocycles. The van der Waals surface area contributed by atoms with E-state index in [-0.39, 0.29) is 12.5 Å². The number of ether oxygens (including phenoxy) is 1. The van der Waals surface area contributed by atoms with Crippen LogP contribution in [0.2, 0.25) is 5.02 Å². The molecule has 1 aromatic carbocycles. The van der Waals surface area contributed by atoms with Crippen LogP contribution >= 0.6 is 11.6 Å². The Morgan fingerprint density at radius 2 is 1.87 bits per heavy atom. The van der Waals surface area contributed by atoms with Gasteiger partial charge in [0.1, 0.15) is 5.82 Å². The lowest BCUT2D eigenvalue weighted by Gasteiger charge is -2.37. The molecule has 10 heteroatoms. The number of alkyl halides is 3. The topological polar surface area (TPSA) is 50.6 Å². The normalized spacial score (nSPS) is 21.8. The van der Waals surface area contributed by atoms with Crippen molar-refractivity contribution in [1.29, 1.82) is 0 Å². The second-order valence-electron chi connectivity index (χ2n) is 7.74. The van der Waals surface area contributed by atoms with Crippen LogP contribution in [0.15, 0.2) is 35.1 Å². The van der Waals surface area contributed by atoms with Crippen molar-refractivity contribution in [2.24, 2.45) is 0 Å². The molecule has 1 aromatic heterocycles. The molecule has 0 bridgehead atoms. The highest BCUT2D eigenvalue weighted by molar-refractivity contribution is 6.30. The quantitative estimate of drug-likeness (QED) is 0.728. The maximum Gasteiger partial charge on any atom is 0.413 e. The molecule has 2 aliphatic rings. The minimum Gasteiger partial charge on any atom is -0.378 e. The molecule has 0 spiro atoms. The van der Waals surface area contributed by atoms with Crippen LogP contribution in [0.4, 0.5) is 24.9 Å². The SMILES string of the molecule is C[C@@]1(C(F)(F)F)Cn2c(nc(N3CCOCC3)cc2=O)N1CCc1ccc(Cl)cc1. The van der Waals surface area contributed by atoms with Crippen molar-refractivity contribution >= 4 is 23.4 Å². The Morgan fingerprint density at radius 1 is 1.20 bits per heavy atom. The summed E-state index contributed by atoms with van der Waals surface area (Å²) in [4.78, 5) is 20.3. The smallest absolute Gasteiger partial charge is 0.378 e. The van der Waals surface area contributed by atoms with Gasteiger partial charge < -0.3 is 14.5 Å². The molecule has 2 aromatic rings. The summed E-state index contributed by atoms with van der Waals surface area (Å²) in [5, 5.41) is 0.564. The number of rotatable bonds is 4. The Morgan fingerprint density at radius 3 is 2.50 bits per heavy atom. The van der Waals surface area contributed by atoms with Gasteiger partial charge in [0.2, 0.25) is 5.95 Å². The summed E-state index contributed by atoms with van der Waals surface area (Å²) in [6.45, 7) is 2.76. The fourth-order valence-electron chi connectivity index (χ4n) is 3.89. The van der Waals surface area contributed by atoms with E-state index in [4.69, 9.17) is 16.3 Å². The number of hydrogen-bond acceptors (Lipinski definition) is 5. The van der Waals surface area contributed by atoms with Gasteiger partial charge in [0.05, 0.1) is 19.8 Å². The third kappa shape index (κ3) is 3.76. The van der Waals surface area contributed by atoms with Crippen LogP contribution < -0.4 is 15.4 Å². The van der Waals surface area contributed by atoms with Crippen molar-refractivity contribution in [3.05, 3.63) is 51.3 Å². The third-order valence-electron chi connectivity index (χ3n) is 5.76. The highest BCUT2D eigenvalue weighted by Gasteiger charge is 2.59. The Kier molecular flexibility index (Phi) is 5.44. The average Bonchev–Trinajstić information content (AvgIpc) is 3.01. The maximum atomic E-state index is 14.1. The van der Waals surface area contributed by atoms with Gasteiger partial charge in [0.15, 0.2) is 5.54 Å².